The van der Waals surface area contributed by atoms with Crippen LogP contribution >= 0.6 is 0 Å². The van der Waals surface area contributed by atoms with E-state index in [2.05, 4.69) is 0 Å². The first kappa shape index (κ1) is 13.1. The van der Waals surface area contributed by atoms with Gasteiger partial charge in [-0.15, -0.1) is 0 Å². The maximum absolute atomic E-state index is 12.7. The van der Waals surface area contributed by atoms with Gasteiger partial charge in [0, 0.05) is 17.9 Å². The van der Waals surface area contributed by atoms with E-state index in [4.69, 9.17) is 9.47 Å². The molecule has 5 bridgehead atoms. The quantitative estimate of drug-likeness (QED) is 0.618. The molecule has 4 fully saturated rings. The molecule has 0 radical (unpaired) electrons. The summed E-state index contributed by atoms with van der Waals surface area (Å²) in [6, 6.07) is 3.76. The fourth-order valence-electron chi connectivity index (χ4n) is 7.75. The molecule has 5 heteroatoms. The van der Waals surface area contributed by atoms with Gasteiger partial charge in [-0.25, -0.2) is 0 Å². The zero-order chi connectivity index (χ0) is 16.9. The van der Waals surface area contributed by atoms with Gasteiger partial charge in [0.1, 0.15) is 5.60 Å². The van der Waals surface area contributed by atoms with Crippen molar-refractivity contribution < 1.29 is 24.2 Å². The first-order valence-corrected chi connectivity index (χ1v) is 8.93. The van der Waals surface area contributed by atoms with Crippen molar-refractivity contribution in [2.75, 3.05) is 0 Å². The van der Waals surface area contributed by atoms with Gasteiger partial charge in [0.2, 0.25) is 0 Å². The zero-order valence-electron chi connectivity index (χ0n) is 13.6. The van der Waals surface area contributed by atoms with E-state index in [9.17, 15) is 14.7 Å². The van der Waals surface area contributed by atoms with Gasteiger partial charge in [0.05, 0.1) is 5.41 Å². The van der Waals surface area contributed by atoms with Crippen molar-refractivity contribution in [2.24, 2.45) is 23.2 Å². The van der Waals surface area contributed by atoms with Crippen LogP contribution in [0.2, 0.25) is 0 Å². The van der Waals surface area contributed by atoms with Gasteiger partial charge in [0.15, 0.2) is 23.4 Å². The lowest BCUT2D eigenvalue weighted by Crippen LogP contribution is -2.97. The molecule has 25 heavy (non-hydrogen) atoms. The highest BCUT2D eigenvalue weighted by Gasteiger charge is 2.99. The molecular formula is C20H16O5. The summed E-state index contributed by atoms with van der Waals surface area (Å²) in [7, 11) is 0. The average molecular weight is 336 g/mol. The van der Waals surface area contributed by atoms with Crippen molar-refractivity contribution in [3.8, 4) is 11.5 Å². The third-order valence-electron chi connectivity index (χ3n) is 8.28. The van der Waals surface area contributed by atoms with Crippen LogP contribution in [0.4, 0.5) is 0 Å². The molecule has 1 aromatic carbocycles. The van der Waals surface area contributed by atoms with Crippen LogP contribution in [0.25, 0.3) is 0 Å². The van der Waals surface area contributed by atoms with Gasteiger partial charge in [-0.3, -0.25) is 9.59 Å². The zero-order valence-corrected chi connectivity index (χ0v) is 13.6. The SMILES string of the molecule is CC(=O)Oc1ccc2c3c1O[C@H]1C(=O)C=C[C@]4(O)C31C1C3C[C@]14C3C2. The summed E-state index contributed by atoms with van der Waals surface area (Å²) in [5.41, 5.74) is 0.288. The molecule has 5 nitrogen and oxygen atoms in total. The second-order valence-corrected chi connectivity index (χ2v) is 8.59. The first-order chi connectivity index (χ1) is 12.0. The minimum Gasteiger partial charge on any atom is -0.477 e. The van der Waals surface area contributed by atoms with Gasteiger partial charge < -0.3 is 14.6 Å². The minimum atomic E-state index is -1.02. The molecule has 9 rings (SSSR count). The van der Waals surface area contributed by atoms with Crippen molar-refractivity contribution in [3.63, 3.8) is 0 Å². The van der Waals surface area contributed by atoms with E-state index in [0.717, 1.165) is 24.0 Å². The van der Waals surface area contributed by atoms with E-state index in [1.165, 1.54) is 13.0 Å². The smallest absolute Gasteiger partial charge is 0.308 e. The minimum absolute atomic E-state index is 0.0846. The Morgan fingerprint density at radius 1 is 1.40 bits per heavy atom. The third kappa shape index (κ3) is 0.900. The standard InChI is InChI=1S/C20H16O5/c1-8(21)24-13-3-2-9-6-11-10-7-18(11)16(10)20-14(9)15(13)25-17(20)12(22)4-5-19(18,20)23/h2-5,10-11,16-17,23H,6-7H2,1H3/t10?,11?,16?,17-,18-,19+,20?/m0/s1. The summed E-state index contributed by atoms with van der Waals surface area (Å²) < 4.78 is 11.5. The molecule has 0 saturated heterocycles. The number of esters is 1. The number of ether oxygens (including phenoxy) is 2. The summed E-state index contributed by atoms with van der Waals surface area (Å²) in [6.07, 6.45) is 4.50. The van der Waals surface area contributed by atoms with Crippen molar-refractivity contribution in [2.45, 2.75) is 36.9 Å². The first-order valence-electron chi connectivity index (χ1n) is 8.93. The van der Waals surface area contributed by atoms with Crippen LogP contribution in [0.3, 0.4) is 0 Å². The largest absolute Gasteiger partial charge is 0.477 e. The number of ketones is 1. The molecule has 4 unspecified atom stereocenters. The molecule has 4 saturated carbocycles. The Kier molecular flexibility index (Phi) is 1.72. The van der Waals surface area contributed by atoms with Crippen LogP contribution in [0.15, 0.2) is 24.3 Å². The lowest BCUT2D eigenvalue weighted by Gasteiger charge is -2.92. The van der Waals surface area contributed by atoms with Gasteiger partial charge in [-0.1, -0.05) is 6.07 Å². The van der Waals surface area contributed by atoms with Gasteiger partial charge in [0.25, 0.3) is 0 Å². The normalized spacial score (nSPS) is 50.6. The van der Waals surface area contributed by atoms with Crippen molar-refractivity contribution in [3.05, 3.63) is 35.4 Å². The monoisotopic (exact) mass is 336 g/mol. The predicted molar refractivity (Wildman–Crippen MR) is 84.2 cm³/mol. The second-order valence-electron chi connectivity index (χ2n) is 8.59. The maximum Gasteiger partial charge on any atom is 0.308 e. The molecule has 1 N–H and O–H groups in total. The van der Waals surface area contributed by atoms with Gasteiger partial charge in [-0.05, 0) is 54.4 Å². The van der Waals surface area contributed by atoms with Crippen LogP contribution in [0.5, 0.6) is 11.5 Å². The average Bonchev–Trinajstić information content (AvgIpc) is 2.76. The number of carbonyl (C=O) groups is 2. The highest BCUT2D eigenvalue weighted by atomic mass is 16.6. The third-order valence-corrected chi connectivity index (χ3v) is 8.28. The Morgan fingerprint density at radius 3 is 3.00 bits per heavy atom. The van der Waals surface area contributed by atoms with Crippen molar-refractivity contribution >= 4 is 11.8 Å². The van der Waals surface area contributed by atoms with Crippen LogP contribution in [-0.2, 0) is 21.4 Å². The van der Waals surface area contributed by atoms with E-state index in [0.29, 0.717) is 29.3 Å². The van der Waals surface area contributed by atoms with E-state index < -0.39 is 23.1 Å². The molecule has 1 heterocycles. The van der Waals surface area contributed by atoms with Crippen molar-refractivity contribution in [1.82, 2.24) is 0 Å². The molecule has 7 aliphatic carbocycles. The summed E-state index contributed by atoms with van der Waals surface area (Å²) in [6.45, 7) is 1.35. The Labute approximate surface area is 143 Å². The summed E-state index contributed by atoms with van der Waals surface area (Å²) in [5.74, 6) is 1.71. The predicted octanol–water partition coefficient (Wildman–Crippen LogP) is 1.30. The molecule has 8 aliphatic rings. The van der Waals surface area contributed by atoms with E-state index >= 15 is 0 Å². The number of carbonyl (C=O) groups excluding carboxylic acids is 2. The van der Waals surface area contributed by atoms with Crippen LogP contribution < -0.4 is 9.47 Å². The van der Waals surface area contributed by atoms with Crippen LogP contribution in [0.1, 0.15) is 24.5 Å². The lowest BCUT2D eigenvalue weighted by atomic mass is 9.11. The van der Waals surface area contributed by atoms with E-state index in [-0.39, 0.29) is 11.2 Å². The van der Waals surface area contributed by atoms with Gasteiger partial charge in [-0.2, -0.15) is 0 Å². The number of hydrogen-bond donors (Lipinski definition) is 1. The fourth-order valence-corrected chi connectivity index (χ4v) is 7.75. The lowest BCUT2D eigenvalue weighted by molar-refractivity contribution is -0.455. The van der Waals surface area contributed by atoms with Crippen LogP contribution in [0, 0.1) is 23.2 Å². The number of rotatable bonds is 1. The topological polar surface area (TPSA) is 72.8 Å². The Bertz CT molecular complexity index is 979. The highest BCUT2D eigenvalue weighted by molar-refractivity contribution is 6.00. The molecule has 2 spiro atoms. The molecule has 126 valence electrons. The van der Waals surface area contributed by atoms with Crippen LogP contribution in [-0.4, -0.2) is 28.6 Å². The summed E-state index contributed by atoms with van der Waals surface area (Å²) in [5, 5.41) is 11.8. The molecule has 1 aromatic rings. The highest BCUT2D eigenvalue weighted by Crippen LogP contribution is 2.95. The van der Waals surface area contributed by atoms with E-state index in [1.54, 1.807) is 12.1 Å². The summed E-state index contributed by atoms with van der Waals surface area (Å²) >= 11 is 0. The number of benzene rings is 1. The number of hydrogen-bond acceptors (Lipinski definition) is 5. The molecular weight excluding hydrogens is 320 g/mol. The maximum atomic E-state index is 12.7. The second kappa shape index (κ2) is 3.28. The van der Waals surface area contributed by atoms with Gasteiger partial charge >= 0.3 is 5.97 Å². The Hall–Kier alpha value is -2.14. The fraction of sp³-hybridized carbons (Fsp3) is 0.500. The molecule has 0 aromatic heterocycles. The number of aliphatic hydroxyl groups is 1. The Balaban J connectivity index is 1.58. The molecule has 7 atom stereocenters. The van der Waals surface area contributed by atoms with Crippen molar-refractivity contribution in [1.29, 1.82) is 0 Å². The molecule has 1 aliphatic heterocycles. The summed E-state index contributed by atoms with van der Waals surface area (Å²) in [4.78, 5) is 24.2. The van der Waals surface area contributed by atoms with E-state index in [1.807, 2.05) is 6.07 Å². The Morgan fingerprint density at radius 2 is 2.24 bits per heavy atom. The molecule has 0 amide bonds.